The Morgan fingerprint density at radius 3 is 2.36 bits per heavy atom. The molecular formula is C22H21N3O3. The molecule has 0 aliphatic heterocycles. The molecule has 28 heavy (non-hydrogen) atoms. The van der Waals surface area contributed by atoms with Gasteiger partial charge in [-0.2, -0.15) is 0 Å². The summed E-state index contributed by atoms with van der Waals surface area (Å²) in [7, 11) is 1.58. The number of hydrogen-bond acceptors (Lipinski definition) is 4. The van der Waals surface area contributed by atoms with Crippen molar-refractivity contribution >= 4 is 17.5 Å². The number of carbonyl (C=O) groups is 2. The van der Waals surface area contributed by atoms with Gasteiger partial charge in [-0.25, -0.2) is 0 Å². The fourth-order valence-electron chi connectivity index (χ4n) is 2.67. The third kappa shape index (κ3) is 4.73. The molecule has 142 valence electrons. The molecule has 2 aromatic carbocycles. The molecule has 1 unspecified atom stereocenters. The normalized spacial score (nSPS) is 11.4. The lowest BCUT2D eigenvalue weighted by Gasteiger charge is -2.14. The lowest BCUT2D eigenvalue weighted by Crippen LogP contribution is -2.27. The van der Waals surface area contributed by atoms with Gasteiger partial charge in [-0.05, 0) is 48.9 Å². The van der Waals surface area contributed by atoms with Crippen molar-refractivity contribution in [1.29, 1.82) is 0 Å². The summed E-state index contributed by atoms with van der Waals surface area (Å²) in [5.41, 5.74) is 2.15. The maximum Gasteiger partial charge on any atom is 0.274 e. The van der Waals surface area contributed by atoms with Crippen LogP contribution < -0.4 is 15.4 Å². The van der Waals surface area contributed by atoms with Crippen molar-refractivity contribution in [2.75, 3.05) is 12.4 Å². The second-order valence-corrected chi connectivity index (χ2v) is 6.22. The van der Waals surface area contributed by atoms with Crippen LogP contribution >= 0.6 is 0 Å². The van der Waals surface area contributed by atoms with E-state index in [1.807, 2.05) is 37.3 Å². The van der Waals surface area contributed by atoms with E-state index in [9.17, 15) is 9.59 Å². The topological polar surface area (TPSA) is 80.3 Å². The highest BCUT2D eigenvalue weighted by molar-refractivity contribution is 6.04. The Morgan fingerprint density at radius 2 is 1.68 bits per heavy atom. The maximum atomic E-state index is 12.5. The fraction of sp³-hybridized carbons (Fsp3) is 0.136. The van der Waals surface area contributed by atoms with Gasteiger partial charge in [0.2, 0.25) is 0 Å². The molecule has 2 amide bonds. The van der Waals surface area contributed by atoms with Crippen molar-refractivity contribution in [3.8, 4) is 5.75 Å². The number of carbonyl (C=O) groups excluding carboxylic acids is 2. The fourth-order valence-corrected chi connectivity index (χ4v) is 2.67. The summed E-state index contributed by atoms with van der Waals surface area (Å²) < 4.78 is 5.09. The van der Waals surface area contributed by atoms with Crippen molar-refractivity contribution in [2.45, 2.75) is 13.0 Å². The zero-order valence-electron chi connectivity index (χ0n) is 15.7. The molecule has 0 aliphatic carbocycles. The molecule has 1 atom stereocenters. The van der Waals surface area contributed by atoms with E-state index in [4.69, 9.17) is 4.74 Å². The number of nitrogens with one attached hydrogen (secondary N) is 2. The molecule has 0 radical (unpaired) electrons. The lowest BCUT2D eigenvalue weighted by molar-refractivity contribution is 0.0939. The van der Waals surface area contributed by atoms with E-state index in [1.54, 1.807) is 37.4 Å². The molecule has 1 aromatic heterocycles. The summed E-state index contributed by atoms with van der Waals surface area (Å²) in [6, 6.07) is 19.5. The average Bonchev–Trinajstić information content (AvgIpc) is 2.75. The molecule has 0 spiro atoms. The number of methoxy groups -OCH3 is 1. The molecule has 3 rings (SSSR count). The zero-order valence-corrected chi connectivity index (χ0v) is 15.7. The van der Waals surface area contributed by atoms with Gasteiger partial charge in [-0.1, -0.05) is 30.3 Å². The summed E-state index contributed by atoms with van der Waals surface area (Å²) in [6.07, 6.45) is 1.45. The smallest absolute Gasteiger partial charge is 0.274 e. The van der Waals surface area contributed by atoms with Crippen LogP contribution in [0.5, 0.6) is 5.75 Å². The van der Waals surface area contributed by atoms with Crippen LogP contribution in [0.1, 0.15) is 39.4 Å². The van der Waals surface area contributed by atoms with E-state index in [1.165, 1.54) is 12.3 Å². The molecule has 3 aromatic rings. The Morgan fingerprint density at radius 1 is 0.964 bits per heavy atom. The van der Waals surface area contributed by atoms with Gasteiger partial charge in [0.1, 0.15) is 11.4 Å². The van der Waals surface area contributed by atoms with Crippen molar-refractivity contribution < 1.29 is 14.3 Å². The Hall–Kier alpha value is -3.67. The van der Waals surface area contributed by atoms with Crippen molar-refractivity contribution in [3.63, 3.8) is 0 Å². The van der Waals surface area contributed by atoms with E-state index >= 15 is 0 Å². The molecule has 6 heteroatoms. The van der Waals surface area contributed by atoms with Crippen LogP contribution in [0.3, 0.4) is 0 Å². The number of benzene rings is 2. The number of rotatable bonds is 6. The molecule has 0 fully saturated rings. The Labute approximate surface area is 163 Å². The van der Waals surface area contributed by atoms with Crippen molar-refractivity contribution in [3.05, 3.63) is 89.7 Å². The predicted octanol–water partition coefficient (Wildman–Crippen LogP) is 3.83. The van der Waals surface area contributed by atoms with E-state index in [2.05, 4.69) is 15.6 Å². The minimum Gasteiger partial charge on any atom is -0.497 e. The summed E-state index contributed by atoms with van der Waals surface area (Å²) in [5, 5.41) is 5.68. The Kier molecular flexibility index (Phi) is 6.01. The maximum absolute atomic E-state index is 12.5. The molecule has 0 aliphatic rings. The van der Waals surface area contributed by atoms with Gasteiger partial charge in [-0.15, -0.1) is 0 Å². The number of ether oxygens (including phenoxy) is 1. The average molecular weight is 375 g/mol. The number of pyridine rings is 1. The summed E-state index contributed by atoms with van der Waals surface area (Å²) in [4.78, 5) is 29.1. The second-order valence-electron chi connectivity index (χ2n) is 6.22. The predicted molar refractivity (Wildman–Crippen MR) is 108 cm³/mol. The van der Waals surface area contributed by atoms with Crippen LogP contribution in [-0.4, -0.2) is 23.9 Å². The zero-order chi connectivity index (χ0) is 19.9. The number of aromatic nitrogens is 1. The van der Waals surface area contributed by atoms with Crippen LogP contribution in [0.25, 0.3) is 0 Å². The summed E-state index contributed by atoms with van der Waals surface area (Å²) in [5.74, 6) is 0.0375. The number of anilines is 1. The molecule has 0 bridgehead atoms. The van der Waals surface area contributed by atoms with Crippen molar-refractivity contribution in [1.82, 2.24) is 10.3 Å². The SMILES string of the molecule is COc1ccc(NC(=O)c2cc(C(=O)NC(C)c3ccccc3)ccn2)cc1. The molecule has 0 saturated carbocycles. The van der Waals surface area contributed by atoms with E-state index in [0.29, 0.717) is 17.0 Å². The quantitative estimate of drug-likeness (QED) is 0.686. The first-order valence-electron chi connectivity index (χ1n) is 8.84. The van der Waals surface area contributed by atoms with E-state index < -0.39 is 5.91 Å². The number of amides is 2. The van der Waals surface area contributed by atoms with Gasteiger partial charge in [0, 0.05) is 17.4 Å². The Bertz CT molecular complexity index is 956. The van der Waals surface area contributed by atoms with E-state index in [-0.39, 0.29) is 17.6 Å². The highest BCUT2D eigenvalue weighted by Gasteiger charge is 2.14. The van der Waals surface area contributed by atoms with Crippen LogP contribution in [-0.2, 0) is 0 Å². The van der Waals surface area contributed by atoms with Gasteiger partial charge >= 0.3 is 0 Å². The third-order valence-corrected chi connectivity index (χ3v) is 4.25. The monoisotopic (exact) mass is 375 g/mol. The minimum absolute atomic E-state index is 0.154. The van der Waals surface area contributed by atoms with Gasteiger partial charge in [-0.3, -0.25) is 14.6 Å². The first-order valence-corrected chi connectivity index (χ1v) is 8.84. The standard InChI is InChI=1S/C22H21N3O3/c1-15(16-6-4-3-5-7-16)24-21(26)17-12-13-23-20(14-17)22(27)25-18-8-10-19(28-2)11-9-18/h3-15H,1-2H3,(H,24,26)(H,25,27). The van der Waals surface area contributed by atoms with Crippen molar-refractivity contribution in [2.24, 2.45) is 0 Å². The molecule has 0 saturated heterocycles. The highest BCUT2D eigenvalue weighted by atomic mass is 16.5. The van der Waals surface area contributed by atoms with Gasteiger partial charge in [0.05, 0.1) is 13.2 Å². The van der Waals surface area contributed by atoms with E-state index in [0.717, 1.165) is 5.56 Å². The first-order chi connectivity index (χ1) is 13.6. The first kappa shape index (κ1) is 19.1. The largest absolute Gasteiger partial charge is 0.497 e. The number of hydrogen-bond donors (Lipinski definition) is 2. The highest BCUT2D eigenvalue weighted by Crippen LogP contribution is 2.16. The van der Waals surface area contributed by atoms with Crippen LogP contribution in [0.15, 0.2) is 72.9 Å². The van der Waals surface area contributed by atoms with Gasteiger partial charge in [0.25, 0.3) is 11.8 Å². The van der Waals surface area contributed by atoms with Crippen LogP contribution in [0.2, 0.25) is 0 Å². The molecule has 2 N–H and O–H groups in total. The van der Waals surface area contributed by atoms with Gasteiger partial charge < -0.3 is 15.4 Å². The molecule has 1 heterocycles. The lowest BCUT2D eigenvalue weighted by atomic mass is 10.1. The summed E-state index contributed by atoms with van der Waals surface area (Å²) >= 11 is 0. The molecular weight excluding hydrogens is 354 g/mol. The van der Waals surface area contributed by atoms with Crippen LogP contribution in [0.4, 0.5) is 5.69 Å². The Balaban J connectivity index is 1.68. The van der Waals surface area contributed by atoms with Gasteiger partial charge in [0.15, 0.2) is 0 Å². The third-order valence-electron chi connectivity index (χ3n) is 4.25. The molecule has 6 nitrogen and oxygen atoms in total. The summed E-state index contributed by atoms with van der Waals surface area (Å²) in [6.45, 7) is 1.91. The second kappa shape index (κ2) is 8.81. The van der Waals surface area contributed by atoms with Crippen LogP contribution in [0, 0.1) is 0 Å². The minimum atomic E-state index is -0.393. The number of nitrogens with zero attached hydrogens (tertiary/aromatic N) is 1.